The number of halogens is 1. The molecule has 0 aliphatic heterocycles. The molecule has 1 atom stereocenters. The third-order valence-electron chi connectivity index (χ3n) is 2.69. The van der Waals surface area contributed by atoms with Crippen LogP contribution in [0.3, 0.4) is 0 Å². The first-order chi connectivity index (χ1) is 8.61. The number of aryl methyl sites for hydroxylation is 1. The van der Waals surface area contributed by atoms with Crippen molar-refractivity contribution in [2.75, 3.05) is 7.11 Å². The fourth-order valence-electron chi connectivity index (χ4n) is 1.73. The Kier molecular flexibility index (Phi) is 3.58. The molecule has 0 bridgehead atoms. The van der Waals surface area contributed by atoms with Crippen LogP contribution >= 0.6 is 0 Å². The lowest BCUT2D eigenvalue weighted by Gasteiger charge is -2.12. The molecule has 0 aliphatic carbocycles. The molecule has 0 amide bonds. The molecule has 4 heteroatoms. The van der Waals surface area contributed by atoms with Gasteiger partial charge in [0, 0.05) is 17.3 Å². The zero-order valence-electron chi connectivity index (χ0n) is 10.2. The van der Waals surface area contributed by atoms with E-state index in [9.17, 15) is 9.50 Å². The van der Waals surface area contributed by atoms with E-state index in [4.69, 9.17) is 4.74 Å². The van der Waals surface area contributed by atoms with Crippen LogP contribution in [-0.2, 0) is 0 Å². The molecule has 0 spiro atoms. The number of benzene rings is 1. The molecule has 18 heavy (non-hydrogen) atoms. The number of hydrogen-bond donors (Lipinski definition) is 1. The van der Waals surface area contributed by atoms with Gasteiger partial charge in [0.2, 0.25) is 0 Å². The number of nitrogens with zero attached hydrogens (tertiary/aromatic N) is 1. The highest BCUT2D eigenvalue weighted by molar-refractivity contribution is 5.33. The smallest absolute Gasteiger partial charge is 0.133 e. The molecule has 0 fully saturated rings. The van der Waals surface area contributed by atoms with Gasteiger partial charge in [-0.1, -0.05) is 6.07 Å². The molecule has 1 N–H and O–H groups in total. The van der Waals surface area contributed by atoms with Gasteiger partial charge in [0.1, 0.15) is 17.7 Å². The Morgan fingerprint density at radius 1 is 1.28 bits per heavy atom. The second kappa shape index (κ2) is 5.14. The third-order valence-corrected chi connectivity index (χ3v) is 2.69. The number of ether oxygens (including phenoxy) is 1. The van der Waals surface area contributed by atoms with E-state index in [-0.39, 0.29) is 5.56 Å². The minimum atomic E-state index is -1.07. The lowest BCUT2D eigenvalue weighted by molar-refractivity contribution is 0.209. The summed E-state index contributed by atoms with van der Waals surface area (Å²) in [7, 11) is 1.47. The molecule has 1 aromatic carbocycles. The predicted octanol–water partition coefficient (Wildman–Crippen LogP) is 2.62. The Bertz CT molecular complexity index is 557. The van der Waals surface area contributed by atoms with E-state index in [1.165, 1.54) is 19.2 Å². The van der Waals surface area contributed by atoms with Crippen molar-refractivity contribution in [3.8, 4) is 5.75 Å². The molecule has 2 aromatic rings. The number of pyridine rings is 1. The molecule has 1 heterocycles. The Morgan fingerprint density at radius 3 is 2.67 bits per heavy atom. The third kappa shape index (κ3) is 2.49. The lowest BCUT2D eigenvalue weighted by Crippen LogP contribution is -2.05. The number of aromatic nitrogens is 1. The SMILES string of the molecule is COc1ccc(C(O)c2cccc(C)n2)c(F)c1. The van der Waals surface area contributed by atoms with Crippen molar-refractivity contribution >= 4 is 0 Å². The van der Waals surface area contributed by atoms with Crippen molar-refractivity contribution in [1.82, 2.24) is 4.98 Å². The van der Waals surface area contributed by atoms with Crippen LogP contribution in [0.4, 0.5) is 4.39 Å². The Labute approximate surface area is 105 Å². The molecule has 0 radical (unpaired) electrons. The standard InChI is InChI=1S/C14H14FNO2/c1-9-4-3-5-13(16-9)14(17)11-7-6-10(18-2)8-12(11)15/h3-8,14,17H,1-2H3. The highest BCUT2D eigenvalue weighted by atomic mass is 19.1. The monoisotopic (exact) mass is 247 g/mol. The van der Waals surface area contributed by atoms with Gasteiger partial charge in [0.05, 0.1) is 12.8 Å². The number of hydrogen-bond acceptors (Lipinski definition) is 3. The molecule has 1 aromatic heterocycles. The van der Waals surface area contributed by atoms with Crippen molar-refractivity contribution in [2.24, 2.45) is 0 Å². The molecular weight excluding hydrogens is 233 g/mol. The van der Waals surface area contributed by atoms with Crippen LogP contribution in [0.15, 0.2) is 36.4 Å². The van der Waals surface area contributed by atoms with Crippen molar-refractivity contribution in [2.45, 2.75) is 13.0 Å². The van der Waals surface area contributed by atoms with Crippen molar-refractivity contribution < 1.29 is 14.2 Å². The topological polar surface area (TPSA) is 42.4 Å². The van der Waals surface area contributed by atoms with Gasteiger partial charge in [-0.05, 0) is 31.2 Å². The summed E-state index contributed by atoms with van der Waals surface area (Å²) in [6.07, 6.45) is -1.07. The minimum absolute atomic E-state index is 0.189. The first-order valence-corrected chi connectivity index (χ1v) is 5.57. The van der Waals surface area contributed by atoms with Gasteiger partial charge < -0.3 is 9.84 Å². The fourth-order valence-corrected chi connectivity index (χ4v) is 1.73. The van der Waals surface area contributed by atoms with Gasteiger partial charge >= 0.3 is 0 Å². The minimum Gasteiger partial charge on any atom is -0.497 e. The summed E-state index contributed by atoms with van der Waals surface area (Å²) in [5.41, 5.74) is 1.40. The zero-order chi connectivity index (χ0) is 13.1. The van der Waals surface area contributed by atoms with E-state index in [0.717, 1.165) is 5.69 Å². The van der Waals surface area contributed by atoms with E-state index >= 15 is 0 Å². The summed E-state index contributed by atoms with van der Waals surface area (Å²) in [6.45, 7) is 1.82. The number of aliphatic hydroxyl groups is 1. The average Bonchev–Trinajstić information content (AvgIpc) is 2.37. The van der Waals surface area contributed by atoms with Gasteiger partial charge in [-0.2, -0.15) is 0 Å². The van der Waals surface area contributed by atoms with E-state index in [2.05, 4.69) is 4.98 Å². The molecule has 0 aliphatic rings. The normalized spacial score (nSPS) is 12.2. The number of rotatable bonds is 3. The van der Waals surface area contributed by atoms with Crippen molar-refractivity contribution in [3.63, 3.8) is 0 Å². The summed E-state index contributed by atoms with van der Waals surface area (Å²) in [5, 5.41) is 10.1. The molecule has 2 rings (SSSR count). The van der Waals surface area contributed by atoms with Crippen molar-refractivity contribution in [3.05, 3.63) is 59.2 Å². The van der Waals surface area contributed by atoms with Crippen LogP contribution in [0.5, 0.6) is 5.75 Å². The quantitative estimate of drug-likeness (QED) is 0.906. The van der Waals surface area contributed by atoms with E-state index in [1.807, 2.05) is 13.0 Å². The van der Waals surface area contributed by atoms with Crippen LogP contribution in [0.1, 0.15) is 23.1 Å². The molecule has 0 saturated carbocycles. The Hall–Kier alpha value is -1.94. The highest BCUT2D eigenvalue weighted by Gasteiger charge is 2.16. The molecule has 0 saturated heterocycles. The largest absolute Gasteiger partial charge is 0.497 e. The first kappa shape index (κ1) is 12.5. The van der Waals surface area contributed by atoms with Gasteiger partial charge in [0.15, 0.2) is 0 Å². The van der Waals surface area contributed by atoms with E-state index < -0.39 is 11.9 Å². The first-order valence-electron chi connectivity index (χ1n) is 5.57. The second-order valence-corrected chi connectivity index (χ2v) is 3.99. The summed E-state index contributed by atoms with van der Waals surface area (Å²) < 4.78 is 18.7. The summed E-state index contributed by atoms with van der Waals surface area (Å²) in [4.78, 5) is 4.19. The Morgan fingerprint density at radius 2 is 2.06 bits per heavy atom. The van der Waals surface area contributed by atoms with Crippen LogP contribution < -0.4 is 4.74 Å². The maximum Gasteiger partial charge on any atom is 0.133 e. The zero-order valence-corrected chi connectivity index (χ0v) is 10.2. The number of aliphatic hydroxyl groups excluding tert-OH is 1. The maximum absolute atomic E-state index is 13.8. The van der Waals surface area contributed by atoms with Gasteiger partial charge in [-0.25, -0.2) is 4.39 Å². The van der Waals surface area contributed by atoms with Crippen LogP contribution in [0.2, 0.25) is 0 Å². The number of methoxy groups -OCH3 is 1. The average molecular weight is 247 g/mol. The van der Waals surface area contributed by atoms with Crippen LogP contribution in [0, 0.1) is 12.7 Å². The van der Waals surface area contributed by atoms with E-state index in [0.29, 0.717) is 11.4 Å². The second-order valence-electron chi connectivity index (χ2n) is 3.99. The van der Waals surface area contributed by atoms with Crippen LogP contribution in [0.25, 0.3) is 0 Å². The molecule has 3 nitrogen and oxygen atoms in total. The van der Waals surface area contributed by atoms with Gasteiger partial charge in [0.25, 0.3) is 0 Å². The predicted molar refractivity (Wildman–Crippen MR) is 66.0 cm³/mol. The van der Waals surface area contributed by atoms with Crippen LogP contribution in [-0.4, -0.2) is 17.2 Å². The molecule has 1 unspecified atom stereocenters. The van der Waals surface area contributed by atoms with Gasteiger partial charge in [-0.3, -0.25) is 4.98 Å². The summed E-state index contributed by atoms with van der Waals surface area (Å²) >= 11 is 0. The molecular formula is C14H14FNO2. The molecule has 94 valence electrons. The van der Waals surface area contributed by atoms with E-state index in [1.54, 1.807) is 18.2 Å². The Balaban J connectivity index is 2.37. The summed E-state index contributed by atoms with van der Waals surface area (Å²) in [5.74, 6) is -0.0918. The maximum atomic E-state index is 13.8. The fraction of sp³-hybridized carbons (Fsp3) is 0.214. The van der Waals surface area contributed by atoms with Crippen molar-refractivity contribution in [1.29, 1.82) is 0 Å². The summed E-state index contributed by atoms with van der Waals surface area (Å²) in [6, 6.07) is 9.62. The lowest BCUT2D eigenvalue weighted by atomic mass is 10.0. The van der Waals surface area contributed by atoms with Gasteiger partial charge in [-0.15, -0.1) is 0 Å². The highest BCUT2D eigenvalue weighted by Crippen LogP contribution is 2.25.